The van der Waals surface area contributed by atoms with E-state index in [9.17, 15) is 13.9 Å². The summed E-state index contributed by atoms with van der Waals surface area (Å²) in [6.07, 6.45) is 4.45. The lowest BCUT2D eigenvalue weighted by Crippen LogP contribution is -2.32. The summed E-state index contributed by atoms with van der Waals surface area (Å²) in [5.41, 5.74) is 2.20. The highest BCUT2D eigenvalue weighted by molar-refractivity contribution is 6.30. The summed E-state index contributed by atoms with van der Waals surface area (Å²) >= 11 is 5.99. The average molecular weight is 463 g/mol. The molecule has 0 spiro atoms. The van der Waals surface area contributed by atoms with Crippen LogP contribution < -0.4 is 10.6 Å². The Morgan fingerprint density at radius 2 is 2.06 bits per heavy atom. The van der Waals surface area contributed by atoms with Crippen molar-refractivity contribution in [2.75, 3.05) is 5.32 Å². The van der Waals surface area contributed by atoms with E-state index in [0.29, 0.717) is 41.9 Å². The van der Waals surface area contributed by atoms with Crippen LogP contribution in [0, 0.1) is 6.92 Å². The summed E-state index contributed by atoms with van der Waals surface area (Å²) in [5.74, 6) is -1.59. The molecule has 1 atom stereocenters. The number of anilines is 1. The molecule has 32 heavy (non-hydrogen) atoms. The van der Waals surface area contributed by atoms with Crippen LogP contribution in [0.1, 0.15) is 48.7 Å². The quantitative estimate of drug-likeness (QED) is 0.451. The molecule has 4 rings (SSSR count). The lowest BCUT2D eigenvalue weighted by atomic mass is 9.92. The molecule has 0 bridgehead atoms. The molecule has 3 N–H and O–H groups in total. The van der Waals surface area contributed by atoms with Crippen LogP contribution in [-0.2, 0) is 6.54 Å². The van der Waals surface area contributed by atoms with E-state index in [1.807, 2.05) is 25.1 Å². The first-order valence-corrected chi connectivity index (χ1v) is 10.8. The zero-order chi connectivity index (χ0) is 22.7. The molecule has 3 aromatic rings. The monoisotopic (exact) mass is 462 g/mol. The van der Waals surface area contributed by atoms with E-state index >= 15 is 0 Å². The lowest BCUT2D eigenvalue weighted by Gasteiger charge is -2.28. The Kier molecular flexibility index (Phi) is 6.68. The minimum absolute atomic E-state index is 0.0824. The number of imidazole rings is 1. The third-order valence-corrected chi connectivity index (χ3v) is 5.75. The molecule has 0 radical (unpaired) electrons. The van der Waals surface area contributed by atoms with Gasteiger partial charge in [0.2, 0.25) is 11.9 Å². The van der Waals surface area contributed by atoms with Crippen LogP contribution >= 0.6 is 11.6 Å². The van der Waals surface area contributed by atoms with Crippen molar-refractivity contribution in [3.63, 3.8) is 0 Å². The molecule has 2 heterocycles. The Morgan fingerprint density at radius 3 is 2.81 bits per heavy atom. The third kappa shape index (κ3) is 5.59. The molecule has 0 amide bonds. The number of hydrogen-bond acceptors (Lipinski definition) is 6. The number of rotatable bonds is 7. The van der Waals surface area contributed by atoms with Crippen molar-refractivity contribution in [1.29, 1.82) is 0 Å². The fraction of sp³-hybridized carbons (Fsp3) is 0.409. The van der Waals surface area contributed by atoms with Crippen molar-refractivity contribution in [3.05, 3.63) is 64.8 Å². The van der Waals surface area contributed by atoms with Gasteiger partial charge in [0.15, 0.2) is 0 Å². The molecule has 7 nitrogen and oxygen atoms in total. The second kappa shape index (κ2) is 9.48. The average Bonchev–Trinajstić information content (AvgIpc) is 3.25. The first-order chi connectivity index (χ1) is 15.3. The largest absolute Gasteiger partial charge is 0.373 e. The predicted molar refractivity (Wildman–Crippen MR) is 118 cm³/mol. The standard InChI is InChI=1S/C22H25ClF2N6O/c1-14-10-27-21(29-17-5-7-22(24,25)8-6-17)30-19(14)31-12-18(28-13-31)20(32)26-11-15-3-2-4-16(23)9-15/h2-4,9-10,12-13,17,20,26,32H,5-8,11H2,1H3,(H,27,29,30). The number of benzene rings is 1. The number of nitrogens with zero attached hydrogens (tertiary/aromatic N) is 4. The Balaban J connectivity index is 1.42. The smallest absolute Gasteiger partial charge is 0.248 e. The Bertz CT molecular complexity index is 1070. The Morgan fingerprint density at radius 1 is 1.28 bits per heavy atom. The van der Waals surface area contributed by atoms with Crippen LogP contribution in [0.3, 0.4) is 0 Å². The van der Waals surface area contributed by atoms with Gasteiger partial charge in [-0.3, -0.25) is 9.88 Å². The van der Waals surface area contributed by atoms with Crippen molar-refractivity contribution >= 4 is 17.5 Å². The van der Waals surface area contributed by atoms with Crippen molar-refractivity contribution in [2.45, 2.75) is 57.3 Å². The van der Waals surface area contributed by atoms with Crippen LogP contribution in [0.15, 0.2) is 43.0 Å². The Labute approximate surface area is 189 Å². The van der Waals surface area contributed by atoms with E-state index in [1.165, 1.54) is 0 Å². The number of nitrogens with one attached hydrogen (secondary N) is 2. The summed E-state index contributed by atoms with van der Waals surface area (Å²) in [4.78, 5) is 13.1. The van der Waals surface area contributed by atoms with Crippen molar-refractivity contribution in [2.24, 2.45) is 0 Å². The fourth-order valence-corrected chi connectivity index (χ4v) is 3.90. The maximum atomic E-state index is 13.4. The van der Waals surface area contributed by atoms with Gasteiger partial charge in [0.25, 0.3) is 0 Å². The molecule has 10 heteroatoms. The van der Waals surface area contributed by atoms with Gasteiger partial charge in [-0.15, -0.1) is 0 Å². The van der Waals surface area contributed by atoms with Gasteiger partial charge in [-0.1, -0.05) is 23.7 Å². The molecular weight excluding hydrogens is 438 g/mol. The molecule has 1 fully saturated rings. The van der Waals surface area contributed by atoms with Crippen LogP contribution in [0.4, 0.5) is 14.7 Å². The number of aliphatic hydroxyl groups is 1. The summed E-state index contributed by atoms with van der Waals surface area (Å²) in [7, 11) is 0. The number of hydrogen-bond donors (Lipinski definition) is 3. The molecule has 1 aliphatic rings. The molecule has 0 aliphatic heterocycles. The second-order valence-electron chi connectivity index (χ2n) is 8.09. The van der Waals surface area contributed by atoms with Gasteiger partial charge in [0.1, 0.15) is 24.1 Å². The number of aliphatic hydroxyl groups excluding tert-OH is 1. The Hall–Kier alpha value is -2.62. The van der Waals surface area contributed by atoms with Crippen LogP contribution in [0.2, 0.25) is 5.02 Å². The highest BCUT2D eigenvalue weighted by Crippen LogP contribution is 2.34. The highest BCUT2D eigenvalue weighted by atomic mass is 35.5. The molecule has 1 saturated carbocycles. The van der Waals surface area contributed by atoms with Crippen LogP contribution in [0.5, 0.6) is 0 Å². The van der Waals surface area contributed by atoms with E-state index in [-0.39, 0.29) is 18.9 Å². The molecular formula is C22H25ClF2N6O. The fourth-order valence-electron chi connectivity index (χ4n) is 3.69. The zero-order valence-electron chi connectivity index (χ0n) is 17.6. The van der Waals surface area contributed by atoms with E-state index < -0.39 is 12.2 Å². The van der Waals surface area contributed by atoms with Crippen LogP contribution in [-0.4, -0.2) is 36.6 Å². The summed E-state index contributed by atoms with van der Waals surface area (Å²) in [6, 6.07) is 7.30. The topological polar surface area (TPSA) is 87.9 Å². The zero-order valence-corrected chi connectivity index (χ0v) is 18.4. The van der Waals surface area contributed by atoms with E-state index in [1.54, 1.807) is 29.4 Å². The number of aromatic nitrogens is 4. The van der Waals surface area contributed by atoms with E-state index in [2.05, 4.69) is 25.6 Å². The minimum atomic E-state index is -2.58. The maximum Gasteiger partial charge on any atom is 0.248 e. The van der Waals surface area contributed by atoms with E-state index in [0.717, 1.165) is 11.1 Å². The number of alkyl halides is 2. The molecule has 1 aromatic carbocycles. The lowest BCUT2D eigenvalue weighted by molar-refractivity contribution is -0.0361. The SMILES string of the molecule is Cc1cnc(NC2CCC(F)(F)CC2)nc1-n1cnc(C(O)NCc2cccc(Cl)c2)c1. The molecule has 1 aliphatic carbocycles. The third-order valence-electron chi connectivity index (χ3n) is 5.51. The molecule has 1 unspecified atom stereocenters. The van der Waals surface area contributed by atoms with Crippen LogP contribution in [0.25, 0.3) is 5.82 Å². The van der Waals surface area contributed by atoms with Gasteiger partial charge in [-0.25, -0.2) is 18.7 Å². The minimum Gasteiger partial charge on any atom is -0.373 e. The highest BCUT2D eigenvalue weighted by Gasteiger charge is 2.35. The number of aryl methyl sites for hydroxylation is 1. The van der Waals surface area contributed by atoms with E-state index in [4.69, 9.17) is 11.6 Å². The van der Waals surface area contributed by atoms with Crippen molar-refractivity contribution in [3.8, 4) is 5.82 Å². The van der Waals surface area contributed by atoms with Gasteiger partial charge in [-0.2, -0.15) is 4.98 Å². The summed E-state index contributed by atoms with van der Waals surface area (Å²) < 4.78 is 28.5. The molecule has 2 aromatic heterocycles. The molecule has 0 saturated heterocycles. The van der Waals surface area contributed by atoms with Crippen molar-refractivity contribution < 1.29 is 13.9 Å². The van der Waals surface area contributed by atoms with Crippen molar-refractivity contribution in [1.82, 2.24) is 24.8 Å². The number of halogens is 3. The maximum absolute atomic E-state index is 13.4. The van der Waals surface area contributed by atoms with Gasteiger partial charge in [0.05, 0.1) is 0 Å². The van der Waals surface area contributed by atoms with Gasteiger partial charge in [-0.05, 0) is 37.5 Å². The summed E-state index contributed by atoms with van der Waals surface area (Å²) in [6.45, 7) is 2.30. The van der Waals surface area contributed by atoms with Gasteiger partial charge in [0, 0.05) is 48.4 Å². The summed E-state index contributed by atoms with van der Waals surface area (Å²) in [5, 5.41) is 17.3. The van der Waals surface area contributed by atoms with Gasteiger partial charge >= 0.3 is 0 Å². The first-order valence-electron chi connectivity index (χ1n) is 10.5. The normalized spacial score (nSPS) is 17.3. The first kappa shape index (κ1) is 22.6. The second-order valence-corrected chi connectivity index (χ2v) is 8.53. The van der Waals surface area contributed by atoms with Gasteiger partial charge < -0.3 is 10.4 Å². The predicted octanol–water partition coefficient (Wildman–Crippen LogP) is 4.39. The molecule has 170 valence electrons.